The second kappa shape index (κ2) is 10.6. The van der Waals surface area contributed by atoms with Crippen molar-refractivity contribution in [3.63, 3.8) is 0 Å². The number of carbonyl (C=O) groups excluding carboxylic acids is 1. The molecular weight excluding hydrogens is 412 g/mol. The SMILES string of the molecule is COc1cccc(CN2CCC3(CC2)OCC[C@@](C)(NC(=O)C2CCC2)[C@@H]3O)c1.O=CO. The maximum Gasteiger partial charge on any atom is 0.290 e. The van der Waals surface area contributed by atoms with E-state index in [9.17, 15) is 9.90 Å². The maximum atomic E-state index is 12.5. The molecule has 1 aromatic carbocycles. The molecule has 2 atom stereocenters. The minimum atomic E-state index is -0.688. The van der Waals surface area contributed by atoms with Crippen molar-refractivity contribution in [1.82, 2.24) is 10.2 Å². The number of benzene rings is 1. The number of hydrogen-bond acceptors (Lipinski definition) is 6. The van der Waals surface area contributed by atoms with Crippen molar-refractivity contribution in [3.05, 3.63) is 29.8 Å². The van der Waals surface area contributed by atoms with E-state index in [4.69, 9.17) is 19.4 Å². The van der Waals surface area contributed by atoms with Gasteiger partial charge in [-0.15, -0.1) is 0 Å². The Morgan fingerprint density at radius 1 is 1.31 bits per heavy atom. The summed E-state index contributed by atoms with van der Waals surface area (Å²) in [6, 6.07) is 8.17. The first-order chi connectivity index (χ1) is 15.4. The van der Waals surface area contributed by atoms with Gasteiger partial charge in [-0.25, -0.2) is 0 Å². The average Bonchev–Trinajstić information content (AvgIpc) is 2.73. The molecule has 3 aliphatic rings. The number of nitrogens with zero attached hydrogens (tertiary/aromatic N) is 1. The van der Waals surface area contributed by atoms with Gasteiger partial charge in [0.1, 0.15) is 11.9 Å². The molecule has 2 aliphatic heterocycles. The smallest absolute Gasteiger partial charge is 0.290 e. The Kier molecular flexibility index (Phi) is 8.14. The zero-order valence-electron chi connectivity index (χ0n) is 19.1. The molecule has 8 heteroatoms. The molecule has 0 radical (unpaired) electrons. The summed E-state index contributed by atoms with van der Waals surface area (Å²) in [7, 11) is 1.69. The number of amides is 1. The highest BCUT2D eigenvalue weighted by Crippen LogP contribution is 2.40. The number of methoxy groups -OCH3 is 1. The van der Waals surface area contributed by atoms with Crippen molar-refractivity contribution in [2.24, 2.45) is 5.92 Å². The van der Waals surface area contributed by atoms with E-state index >= 15 is 0 Å². The Balaban J connectivity index is 0.000000913. The van der Waals surface area contributed by atoms with Crippen LogP contribution in [0.4, 0.5) is 0 Å². The molecule has 0 unspecified atom stereocenters. The second-order valence-corrected chi connectivity index (χ2v) is 9.33. The van der Waals surface area contributed by atoms with E-state index in [1.54, 1.807) is 7.11 Å². The molecule has 3 fully saturated rings. The van der Waals surface area contributed by atoms with E-state index in [1.807, 2.05) is 19.1 Å². The number of hydrogen-bond donors (Lipinski definition) is 3. The molecule has 178 valence electrons. The van der Waals surface area contributed by atoms with Gasteiger partial charge in [0, 0.05) is 32.2 Å². The van der Waals surface area contributed by atoms with Gasteiger partial charge in [0.2, 0.25) is 5.91 Å². The summed E-state index contributed by atoms with van der Waals surface area (Å²) in [5, 5.41) is 21.4. The van der Waals surface area contributed by atoms with Gasteiger partial charge in [0.25, 0.3) is 6.47 Å². The van der Waals surface area contributed by atoms with Crippen LogP contribution in [0.25, 0.3) is 0 Å². The quantitative estimate of drug-likeness (QED) is 0.593. The third-order valence-corrected chi connectivity index (χ3v) is 7.24. The van der Waals surface area contributed by atoms with Crippen LogP contribution in [0.5, 0.6) is 5.75 Å². The van der Waals surface area contributed by atoms with Crippen molar-refractivity contribution in [3.8, 4) is 5.75 Å². The first-order valence-corrected chi connectivity index (χ1v) is 11.4. The van der Waals surface area contributed by atoms with E-state index < -0.39 is 17.2 Å². The summed E-state index contributed by atoms with van der Waals surface area (Å²) in [6.45, 7) is 4.90. The van der Waals surface area contributed by atoms with Gasteiger partial charge in [-0.05, 0) is 56.7 Å². The highest BCUT2D eigenvalue weighted by Gasteiger charge is 2.54. The van der Waals surface area contributed by atoms with Crippen LogP contribution < -0.4 is 10.1 Å². The van der Waals surface area contributed by atoms with Gasteiger partial charge in [0.15, 0.2) is 0 Å². The predicted molar refractivity (Wildman–Crippen MR) is 119 cm³/mol. The van der Waals surface area contributed by atoms with Gasteiger partial charge in [0.05, 0.1) is 18.2 Å². The average molecular weight is 449 g/mol. The number of nitrogens with one attached hydrogen (secondary N) is 1. The number of aliphatic hydroxyl groups is 1. The lowest BCUT2D eigenvalue weighted by Crippen LogP contribution is -2.69. The normalized spacial score (nSPS) is 27.5. The Morgan fingerprint density at radius 2 is 2.00 bits per heavy atom. The highest BCUT2D eigenvalue weighted by atomic mass is 16.5. The van der Waals surface area contributed by atoms with Crippen molar-refractivity contribution < 1.29 is 29.3 Å². The number of likely N-dealkylation sites (tertiary alicyclic amines) is 1. The fraction of sp³-hybridized carbons (Fsp3) is 0.667. The molecule has 1 aliphatic carbocycles. The van der Waals surface area contributed by atoms with Crippen molar-refractivity contribution in [1.29, 1.82) is 0 Å². The largest absolute Gasteiger partial charge is 0.497 e. The maximum absolute atomic E-state index is 12.5. The van der Waals surface area contributed by atoms with Gasteiger partial charge in [-0.3, -0.25) is 14.5 Å². The zero-order valence-corrected chi connectivity index (χ0v) is 19.1. The molecule has 0 bridgehead atoms. The molecule has 32 heavy (non-hydrogen) atoms. The van der Waals surface area contributed by atoms with Crippen LogP contribution >= 0.6 is 0 Å². The molecule has 2 saturated heterocycles. The Hall–Kier alpha value is -2.16. The molecule has 3 N–H and O–H groups in total. The van der Waals surface area contributed by atoms with Crippen LogP contribution in [0.3, 0.4) is 0 Å². The lowest BCUT2D eigenvalue weighted by Gasteiger charge is -2.54. The Morgan fingerprint density at radius 3 is 2.59 bits per heavy atom. The van der Waals surface area contributed by atoms with Gasteiger partial charge < -0.3 is 25.0 Å². The second-order valence-electron chi connectivity index (χ2n) is 9.33. The summed E-state index contributed by atoms with van der Waals surface area (Å²) in [6.07, 6.45) is 4.58. The van der Waals surface area contributed by atoms with Gasteiger partial charge in [-0.2, -0.15) is 0 Å². The molecular formula is C24H36N2O6. The third kappa shape index (κ3) is 5.42. The summed E-state index contributed by atoms with van der Waals surface area (Å²) >= 11 is 0. The monoisotopic (exact) mass is 448 g/mol. The first-order valence-electron chi connectivity index (χ1n) is 11.4. The molecule has 8 nitrogen and oxygen atoms in total. The Bertz CT molecular complexity index is 776. The first kappa shape index (κ1) is 24.5. The van der Waals surface area contributed by atoms with Crippen molar-refractivity contribution in [2.45, 2.75) is 69.2 Å². The zero-order chi connectivity index (χ0) is 23.2. The van der Waals surface area contributed by atoms with Crippen LogP contribution in [0.1, 0.15) is 51.0 Å². The number of aliphatic hydroxyl groups excluding tert-OH is 1. The summed E-state index contributed by atoms with van der Waals surface area (Å²) in [4.78, 5) is 23.3. The highest BCUT2D eigenvalue weighted by molar-refractivity contribution is 5.80. The fourth-order valence-corrected chi connectivity index (χ4v) is 4.98. The summed E-state index contributed by atoms with van der Waals surface area (Å²) in [5.41, 5.74) is 0.0491. The van der Waals surface area contributed by atoms with E-state index in [1.165, 1.54) is 5.56 Å². The number of ether oxygens (including phenoxy) is 2. The third-order valence-electron chi connectivity index (χ3n) is 7.24. The molecule has 4 rings (SSSR count). The number of piperidine rings is 1. The van der Waals surface area contributed by atoms with Crippen LogP contribution in [-0.4, -0.2) is 71.5 Å². The lowest BCUT2D eigenvalue weighted by molar-refractivity contribution is -0.208. The molecule has 1 saturated carbocycles. The molecule has 1 amide bonds. The number of carboxylic acid groups (broad SMARTS) is 1. The minimum absolute atomic E-state index is 0.102. The molecule has 0 aromatic heterocycles. The predicted octanol–water partition coefficient (Wildman–Crippen LogP) is 2.19. The van der Waals surface area contributed by atoms with Gasteiger partial charge >= 0.3 is 0 Å². The topological polar surface area (TPSA) is 108 Å². The fourth-order valence-electron chi connectivity index (χ4n) is 4.98. The summed E-state index contributed by atoms with van der Waals surface area (Å²) in [5.74, 6) is 1.10. The van der Waals surface area contributed by atoms with E-state index in [-0.39, 0.29) is 18.3 Å². The van der Waals surface area contributed by atoms with Crippen molar-refractivity contribution in [2.75, 3.05) is 26.8 Å². The minimum Gasteiger partial charge on any atom is -0.497 e. The summed E-state index contributed by atoms with van der Waals surface area (Å²) < 4.78 is 11.5. The van der Waals surface area contributed by atoms with Crippen LogP contribution in [0.2, 0.25) is 0 Å². The molecule has 1 spiro atoms. The van der Waals surface area contributed by atoms with E-state index in [0.717, 1.165) is 57.5 Å². The number of carbonyl (C=O) groups is 2. The standard InChI is InChI=1S/C23H34N2O4.CH2O2/c1-22(24-20(26)18-6-4-7-18)11-14-29-23(21(22)27)9-12-25(13-10-23)16-17-5-3-8-19(15-17)28-2;2-1-3/h3,5,8,15,18,21,27H,4,6-7,9-14,16H2,1-2H3,(H,24,26);1H,(H,2,3)/t21-,22+;/m0./s1. The number of rotatable bonds is 5. The Labute approximate surface area is 189 Å². The van der Waals surface area contributed by atoms with Crippen LogP contribution in [-0.2, 0) is 20.9 Å². The molecule has 2 heterocycles. The lowest BCUT2D eigenvalue weighted by atomic mass is 9.72. The van der Waals surface area contributed by atoms with Crippen molar-refractivity contribution >= 4 is 12.4 Å². The van der Waals surface area contributed by atoms with Crippen LogP contribution in [0, 0.1) is 5.92 Å². The van der Waals surface area contributed by atoms with Gasteiger partial charge in [-0.1, -0.05) is 18.6 Å². The van der Waals surface area contributed by atoms with E-state index in [2.05, 4.69) is 22.3 Å². The van der Waals surface area contributed by atoms with E-state index in [0.29, 0.717) is 13.0 Å². The molecule has 1 aromatic rings. The van der Waals surface area contributed by atoms with Crippen LogP contribution in [0.15, 0.2) is 24.3 Å².